The van der Waals surface area contributed by atoms with Crippen molar-refractivity contribution in [1.29, 1.82) is 0 Å². The van der Waals surface area contributed by atoms with E-state index in [4.69, 9.17) is 4.74 Å². The standard InChI is InChI=1S/C7H11F3O/c1-11-4-5-2-6(3-5)7(8,9)10/h5-6H,2-4H2,1H3. The van der Waals surface area contributed by atoms with Crippen molar-refractivity contribution in [1.82, 2.24) is 0 Å². The SMILES string of the molecule is COCC1CC(C(F)(F)F)C1. The molecule has 0 saturated heterocycles. The molecule has 0 atom stereocenters. The molecule has 1 nitrogen and oxygen atoms in total. The lowest BCUT2D eigenvalue weighted by molar-refractivity contribution is -0.207. The van der Waals surface area contributed by atoms with Crippen molar-refractivity contribution >= 4 is 0 Å². The lowest BCUT2D eigenvalue weighted by atomic mass is 9.75. The van der Waals surface area contributed by atoms with Crippen LogP contribution < -0.4 is 0 Å². The highest BCUT2D eigenvalue weighted by Gasteiger charge is 2.47. The molecule has 1 fully saturated rings. The van der Waals surface area contributed by atoms with Gasteiger partial charge in [0, 0.05) is 13.7 Å². The molecular weight excluding hydrogens is 157 g/mol. The van der Waals surface area contributed by atoms with Gasteiger partial charge in [0.1, 0.15) is 0 Å². The van der Waals surface area contributed by atoms with Crippen molar-refractivity contribution in [2.75, 3.05) is 13.7 Å². The van der Waals surface area contributed by atoms with Crippen LogP contribution in [0.1, 0.15) is 12.8 Å². The highest BCUT2D eigenvalue weighted by atomic mass is 19.4. The summed E-state index contributed by atoms with van der Waals surface area (Å²) >= 11 is 0. The maximum absolute atomic E-state index is 11.9. The molecule has 0 aromatic carbocycles. The molecule has 0 amide bonds. The summed E-state index contributed by atoms with van der Waals surface area (Å²) < 4.78 is 40.4. The number of halogens is 3. The highest BCUT2D eigenvalue weighted by Crippen LogP contribution is 2.44. The lowest BCUT2D eigenvalue weighted by Crippen LogP contribution is -2.37. The van der Waals surface area contributed by atoms with Crippen LogP contribution in [0.4, 0.5) is 13.2 Å². The van der Waals surface area contributed by atoms with E-state index in [1.807, 2.05) is 0 Å². The van der Waals surface area contributed by atoms with Gasteiger partial charge in [-0.05, 0) is 18.8 Å². The first kappa shape index (κ1) is 8.84. The minimum absolute atomic E-state index is 0.131. The topological polar surface area (TPSA) is 9.23 Å². The van der Waals surface area contributed by atoms with Gasteiger partial charge in [-0.2, -0.15) is 13.2 Å². The number of ether oxygens (including phenoxy) is 1. The largest absolute Gasteiger partial charge is 0.391 e. The molecule has 66 valence electrons. The summed E-state index contributed by atoms with van der Waals surface area (Å²) in [6.45, 7) is 0.465. The monoisotopic (exact) mass is 168 g/mol. The van der Waals surface area contributed by atoms with Crippen LogP contribution in [0.25, 0.3) is 0 Å². The maximum atomic E-state index is 11.9. The minimum atomic E-state index is -3.98. The first-order valence-electron chi connectivity index (χ1n) is 3.59. The minimum Gasteiger partial charge on any atom is -0.384 e. The van der Waals surface area contributed by atoms with Gasteiger partial charge in [0.15, 0.2) is 0 Å². The molecule has 0 heterocycles. The molecule has 11 heavy (non-hydrogen) atoms. The molecule has 0 unspecified atom stereocenters. The van der Waals surface area contributed by atoms with Crippen LogP contribution in [0.3, 0.4) is 0 Å². The van der Waals surface area contributed by atoms with E-state index in [1.54, 1.807) is 0 Å². The third-order valence-corrected chi connectivity index (χ3v) is 2.10. The molecule has 1 aliphatic rings. The molecule has 1 rings (SSSR count). The Balaban J connectivity index is 2.19. The quantitative estimate of drug-likeness (QED) is 0.614. The van der Waals surface area contributed by atoms with Crippen molar-refractivity contribution in [2.24, 2.45) is 11.8 Å². The van der Waals surface area contributed by atoms with Crippen LogP contribution >= 0.6 is 0 Å². The summed E-state index contributed by atoms with van der Waals surface area (Å²) in [7, 11) is 1.51. The Labute approximate surface area is 63.5 Å². The fourth-order valence-electron chi connectivity index (χ4n) is 1.37. The third-order valence-electron chi connectivity index (χ3n) is 2.10. The van der Waals surface area contributed by atoms with Gasteiger partial charge in [-0.1, -0.05) is 0 Å². The van der Waals surface area contributed by atoms with Crippen LogP contribution in [0.15, 0.2) is 0 Å². The second-order valence-corrected chi connectivity index (χ2v) is 3.03. The second-order valence-electron chi connectivity index (χ2n) is 3.03. The van der Waals surface area contributed by atoms with Gasteiger partial charge in [-0.15, -0.1) is 0 Å². The number of rotatable bonds is 2. The van der Waals surface area contributed by atoms with E-state index in [0.717, 1.165) is 0 Å². The van der Waals surface area contributed by atoms with E-state index < -0.39 is 12.1 Å². The molecule has 0 bridgehead atoms. The third kappa shape index (κ3) is 2.09. The van der Waals surface area contributed by atoms with Crippen molar-refractivity contribution in [2.45, 2.75) is 19.0 Å². The average Bonchev–Trinajstić information content (AvgIpc) is 1.74. The Morgan fingerprint density at radius 3 is 2.27 bits per heavy atom. The van der Waals surface area contributed by atoms with Gasteiger partial charge in [-0.3, -0.25) is 0 Å². The average molecular weight is 168 g/mol. The van der Waals surface area contributed by atoms with Crippen molar-refractivity contribution in [3.63, 3.8) is 0 Å². The van der Waals surface area contributed by atoms with Crippen LogP contribution in [0.2, 0.25) is 0 Å². The number of alkyl halides is 3. The van der Waals surface area contributed by atoms with Gasteiger partial charge in [-0.25, -0.2) is 0 Å². The second kappa shape index (κ2) is 3.01. The summed E-state index contributed by atoms with van der Waals surface area (Å²) in [6, 6.07) is 0. The van der Waals surface area contributed by atoms with E-state index in [1.165, 1.54) is 7.11 Å². The Morgan fingerprint density at radius 1 is 1.36 bits per heavy atom. The zero-order valence-electron chi connectivity index (χ0n) is 6.32. The molecule has 0 aromatic heterocycles. The van der Waals surface area contributed by atoms with Gasteiger partial charge < -0.3 is 4.74 Å². The first-order chi connectivity index (χ1) is 5.04. The van der Waals surface area contributed by atoms with E-state index in [-0.39, 0.29) is 18.8 Å². The van der Waals surface area contributed by atoms with Crippen molar-refractivity contribution in [3.05, 3.63) is 0 Å². The van der Waals surface area contributed by atoms with E-state index in [0.29, 0.717) is 6.61 Å². The molecule has 1 saturated carbocycles. The molecule has 0 radical (unpaired) electrons. The fourth-order valence-corrected chi connectivity index (χ4v) is 1.37. The van der Waals surface area contributed by atoms with Crippen LogP contribution in [0, 0.1) is 11.8 Å². The molecule has 1 aliphatic carbocycles. The fraction of sp³-hybridized carbons (Fsp3) is 1.00. The Morgan fingerprint density at radius 2 is 1.91 bits per heavy atom. The zero-order valence-corrected chi connectivity index (χ0v) is 6.32. The summed E-state index contributed by atoms with van der Waals surface area (Å²) in [5, 5.41) is 0. The molecule has 0 aromatic rings. The number of methoxy groups -OCH3 is 1. The van der Waals surface area contributed by atoms with Gasteiger partial charge in [0.05, 0.1) is 5.92 Å². The molecule has 0 N–H and O–H groups in total. The normalized spacial score (nSPS) is 31.6. The van der Waals surface area contributed by atoms with Crippen LogP contribution in [-0.2, 0) is 4.74 Å². The maximum Gasteiger partial charge on any atom is 0.391 e. The zero-order chi connectivity index (χ0) is 8.48. The summed E-state index contributed by atoms with van der Waals surface area (Å²) in [4.78, 5) is 0. The predicted octanol–water partition coefficient (Wildman–Crippen LogP) is 2.22. The van der Waals surface area contributed by atoms with Crippen LogP contribution in [0.5, 0.6) is 0 Å². The predicted molar refractivity (Wildman–Crippen MR) is 34.1 cm³/mol. The van der Waals surface area contributed by atoms with E-state index in [9.17, 15) is 13.2 Å². The summed E-state index contributed by atoms with van der Waals surface area (Å²) in [6.07, 6.45) is -3.49. The Bertz CT molecular complexity index is 126. The number of hydrogen-bond donors (Lipinski definition) is 0. The summed E-state index contributed by atoms with van der Waals surface area (Å²) in [5.74, 6) is -0.936. The molecule has 0 aliphatic heterocycles. The number of hydrogen-bond acceptors (Lipinski definition) is 1. The molecular formula is C7H11F3O. The smallest absolute Gasteiger partial charge is 0.384 e. The lowest BCUT2D eigenvalue weighted by Gasteiger charge is -2.35. The van der Waals surface area contributed by atoms with Gasteiger partial charge in [0.2, 0.25) is 0 Å². The van der Waals surface area contributed by atoms with Crippen molar-refractivity contribution in [3.8, 4) is 0 Å². The Hall–Kier alpha value is -0.250. The van der Waals surface area contributed by atoms with E-state index >= 15 is 0 Å². The molecule has 4 heteroatoms. The molecule has 0 spiro atoms. The van der Waals surface area contributed by atoms with Gasteiger partial charge >= 0.3 is 6.18 Å². The van der Waals surface area contributed by atoms with E-state index in [2.05, 4.69) is 0 Å². The first-order valence-corrected chi connectivity index (χ1v) is 3.59. The Kier molecular flexibility index (Phi) is 2.42. The van der Waals surface area contributed by atoms with Gasteiger partial charge in [0.25, 0.3) is 0 Å². The van der Waals surface area contributed by atoms with Crippen molar-refractivity contribution < 1.29 is 17.9 Å². The van der Waals surface area contributed by atoms with Crippen LogP contribution in [-0.4, -0.2) is 19.9 Å². The highest BCUT2D eigenvalue weighted by molar-refractivity contribution is 4.83. The summed E-state index contributed by atoms with van der Waals surface area (Å²) in [5.41, 5.74) is 0.